The average molecular weight is 353 g/mol. The third-order valence-corrected chi connectivity index (χ3v) is 5.02. The van der Waals surface area contributed by atoms with Crippen LogP contribution in [0.3, 0.4) is 0 Å². The highest BCUT2D eigenvalue weighted by molar-refractivity contribution is 7.89. The number of hydrogen-bond acceptors (Lipinski definition) is 4. The van der Waals surface area contributed by atoms with Crippen LogP contribution in [0.4, 0.5) is 17.1 Å². The number of benzene rings is 3. The Balaban J connectivity index is 2.00. The molecule has 0 bridgehead atoms. The third-order valence-electron chi connectivity index (χ3n) is 3.71. The molecule has 0 aliphatic heterocycles. The van der Waals surface area contributed by atoms with Gasteiger partial charge in [0.1, 0.15) is 0 Å². The van der Waals surface area contributed by atoms with Crippen molar-refractivity contribution >= 4 is 27.1 Å². The van der Waals surface area contributed by atoms with E-state index in [9.17, 15) is 8.42 Å². The summed E-state index contributed by atoms with van der Waals surface area (Å²) in [6.07, 6.45) is 0. The van der Waals surface area contributed by atoms with Gasteiger partial charge >= 0.3 is 0 Å². The number of nitrogens with two attached hydrogens (primary N) is 1. The zero-order chi connectivity index (χ0) is 17.9. The second-order valence-electron chi connectivity index (χ2n) is 5.67. The molecule has 0 unspecified atom stereocenters. The summed E-state index contributed by atoms with van der Waals surface area (Å²) in [4.78, 5) is 2.85. The first kappa shape index (κ1) is 17.0. The number of para-hydroxylation sites is 1. The SMILES string of the molecule is Cc1ccc(S(=O)(=O)NN(c2ccccc2)c2ccc(N)cc2)cc1. The largest absolute Gasteiger partial charge is 0.399 e. The van der Waals surface area contributed by atoms with Crippen molar-refractivity contribution in [2.24, 2.45) is 0 Å². The van der Waals surface area contributed by atoms with Crippen molar-refractivity contribution in [3.8, 4) is 0 Å². The van der Waals surface area contributed by atoms with E-state index in [1.807, 2.05) is 37.3 Å². The van der Waals surface area contributed by atoms with Gasteiger partial charge in [0.25, 0.3) is 10.0 Å². The molecule has 0 spiro atoms. The molecule has 0 radical (unpaired) electrons. The van der Waals surface area contributed by atoms with E-state index in [-0.39, 0.29) is 4.90 Å². The Hall–Kier alpha value is -2.83. The van der Waals surface area contributed by atoms with Crippen molar-refractivity contribution < 1.29 is 8.42 Å². The van der Waals surface area contributed by atoms with Crippen LogP contribution >= 0.6 is 0 Å². The van der Waals surface area contributed by atoms with E-state index in [2.05, 4.69) is 4.83 Å². The lowest BCUT2D eigenvalue weighted by atomic mass is 10.2. The van der Waals surface area contributed by atoms with Gasteiger partial charge in [-0.3, -0.25) is 5.01 Å². The predicted octanol–water partition coefficient (Wildman–Crippen LogP) is 3.61. The Morgan fingerprint density at radius 1 is 0.800 bits per heavy atom. The molecule has 0 aliphatic carbocycles. The van der Waals surface area contributed by atoms with Crippen LogP contribution in [-0.2, 0) is 10.0 Å². The van der Waals surface area contributed by atoms with Gasteiger partial charge in [0.15, 0.2) is 0 Å². The number of rotatable bonds is 5. The monoisotopic (exact) mass is 353 g/mol. The minimum Gasteiger partial charge on any atom is -0.399 e. The van der Waals surface area contributed by atoms with Crippen LogP contribution in [0, 0.1) is 6.92 Å². The lowest BCUT2D eigenvalue weighted by Gasteiger charge is -2.25. The summed E-state index contributed by atoms with van der Waals surface area (Å²) < 4.78 is 25.6. The number of anilines is 3. The number of nitrogen functional groups attached to an aromatic ring is 1. The second-order valence-corrected chi connectivity index (χ2v) is 7.33. The number of hydrazine groups is 1. The van der Waals surface area contributed by atoms with E-state index in [1.54, 1.807) is 48.5 Å². The first-order valence-corrected chi connectivity index (χ1v) is 9.24. The molecule has 0 heterocycles. The molecule has 5 nitrogen and oxygen atoms in total. The minimum absolute atomic E-state index is 0.203. The maximum absolute atomic E-state index is 12.8. The fourth-order valence-corrected chi connectivity index (χ4v) is 3.40. The number of sulfonamides is 1. The van der Waals surface area contributed by atoms with Crippen LogP contribution in [-0.4, -0.2) is 8.42 Å². The molecule has 6 heteroatoms. The number of aryl methyl sites for hydroxylation is 1. The van der Waals surface area contributed by atoms with Gasteiger partial charge in [-0.15, -0.1) is 4.83 Å². The molecule has 0 saturated carbocycles. The molecule has 128 valence electrons. The summed E-state index contributed by atoms with van der Waals surface area (Å²) in [6, 6.07) is 22.9. The smallest absolute Gasteiger partial charge is 0.257 e. The van der Waals surface area contributed by atoms with Gasteiger partial charge in [-0.2, -0.15) is 0 Å². The molecule has 0 fully saturated rings. The highest BCUT2D eigenvalue weighted by atomic mass is 32.2. The quantitative estimate of drug-likeness (QED) is 0.543. The van der Waals surface area contributed by atoms with Crippen LogP contribution in [0.1, 0.15) is 5.56 Å². The van der Waals surface area contributed by atoms with Gasteiger partial charge in [-0.1, -0.05) is 35.9 Å². The predicted molar refractivity (Wildman–Crippen MR) is 101 cm³/mol. The van der Waals surface area contributed by atoms with Crippen molar-refractivity contribution in [2.75, 3.05) is 10.7 Å². The summed E-state index contributed by atoms with van der Waals surface area (Å²) in [5.41, 5.74) is 8.71. The molecule has 3 aromatic rings. The standard InChI is InChI=1S/C19H19N3O2S/c1-15-7-13-19(14-8-15)25(23,24)21-22(17-5-3-2-4-6-17)18-11-9-16(20)10-12-18/h2-14,21H,20H2,1H3. The van der Waals surface area contributed by atoms with Gasteiger partial charge < -0.3 is 5.73 Å². The molecular formula is C19H19N3O2S. The highest BCUT2D eigenvalue weighted by Gasteiger charge is 2.20. The van der Waals surface area contributed by atoms with E-state index in [1.165, 1.54) is 5.01 Å². The van der Waals surface area contributed by atoms with Crippen molar-refractivity contribution in [3.05, 3.63) is 84.4 Å². The third kappa shape index (κ3) is 3.99. The molecular weight excluding hydrogens is 334 g/mol. The Kier molecular flexibility index (Phi) is 4.74. The summed E-state index contributed by atoms with van der Waals surface area (Å²) in [7, 11) is -3.74. The lowest BCUT2D eigenvalue weighted by molar-refractivity contribution is 0.582. The maximum atomic E-state index is 12.8. The lowest BCUT2D eigenvalue weighted by Crippen LogP contribution is -2.38. The van der Waals surface area contributed by atoms with Crippen LogP contribution in [0.2, 0.25) is 0 Å². The highest BCUT2D eigenvalue weighted by Crippen LogP contribution is 2.25. The number of hydrogen-bond donors (Lipinski definition) is 2. The van der Waals surface area contributed by atoms with E-state index >= 15 is 0 Å². The normalized spacial score (nSPS) is 11.2. The molecule has 3 rings (SSSR count). The number of nitrogens with zero attached hydrogens (tertiary/aromatic N) is 1. The molecule has 0 atom stereocenters. The summed E-state index contributed by atoms with van der Waals surface area (Å²) in [5, 5.41) is 1.52. The minimum atomic E-state index is -3.74. The summed E-state index contributed by atoms with van der Waals surface area (Å²) in [6.45, 7) is 1.91. The van der Waals surface area contributed by atoms with Crippen LogP contribution in [0.5, 0.6) is 0 Å². The average Bonchev–Trinajstić information content (AvgIpc) is 2.62. The van der Waals surface area contributed by atoms with Crippen LogP contribution in [0.15, 0.2) is 83.8 Å². The Morgan fingerprint density at radius 3 is 1.96 bits per heavy atom. The molecule has 25 heavy (non-hydrogen) atoms. The van der Waals surface area contributed by atoms with E-state index < -0.39 is 10.0 Å². The van der Waals surface area contributed by atoms with E-state index in [4.69, 9.17) is 5.73 Å². The second kappa shape index (κ2) is 6.96. The van der Waals surface area contributed by atoms with Gasteiger partial charge in [-0.05, 0) is 55.5 Å². The van der Waals surface area contributed by atoms with Crippen LogP contribution < -0.4 is 15.6 Å². The fraction of sp³-hybridized carbons (Fsp3) is 0.0526. The summed E-state index contributed by atoms with van der Waals surface area (Å²) in [5.74, 6) is 0. The Bertz CT molecular complexity index is 938. The van der Waals surface area contributed by atoms with Gasteiger partial charge in [0.2, 0.25) is 0 Å². The fourth-order valence-electron chi connectivity index (χ4n) is 2.35. The van der Waals surface area contributed by atoms with Crippen molar-refractivity contribution in [3.63, 3.8) is 0 Å². The topological polar surface area (TPSA) is 75.4 Å². The zero-order valence-corrected chi connectivity index (χ0v) is 14.6. The number of nitrogens with one attached hydrogen (secondary N) is 1. The summed E-state index contributed by atoms with van der Waals surface area (Å²) >= 11 is 0. The van der Waals surface area contributed by atoms with Crippen molar-refractivity contribution in [1.82, 2.24) is 4.83 Å². The van der Waals surface area contributed by atoms with Gasteiger partial charge in [0, 0.05) is 5.69 Å². The molecule has 3 N–H and O–H groups in total. The van der Waals surface area contributed by atoms with Gasteiger partial charge in [0.05, 0.1) is 16.3 Å². The maximum Gasteiger partial charge on any atom is 0.257 e. The van der Waals surface area contributed by atoms with E-state index in [0.717, 1.165) is 5.56 Å². The Labute approximate surface area is 147 Å². The molecule has 0 aromatic heterocycles. The zero-order valence-electron chi connectivity index (χ0n) is 13.8. The first-order chi connectivity index (χ1) is 12.0. The van der Waals surface area contributed by atoms with E-state index in [0.29, 0.717) is 17.1 Å². The molecule has 0 aliphatic rings. The van der Waals surface area contributed by atoms with Crippen molar-refractivity contribution in [1.29, 1.82) is 0 Å². The molecule has 3 aromatic carbocycles. The Morgan fingerprint density at radius 2 is 1.36 bits per heavy atom. The molecule has 0 amide bonds. The van der Waals surface area contributed by atoms with Gasteiger partial charge in [-0.25, -0.2) is 8.42 Å². The van der Waals surface area contributed by atoms with Crippen LogP contribution in [0.25, 0.3) is 0 Å². The molecule has 0 saturated heterocycles. The first-order valence-electron chi connectivity index (χ1n) is 7.75. The van der Waals surface area contributed by atoms with Crippen molar-refractivity contribution in [2.45, 2.75) is 11.8 Å².